The summed E-state index contributed by atoms with van der Waals surface area (Å²) < 4.78 is 13.2. The smallest absolute Gasteiger partial charge is 0.326 e. The number of fused-ring (bicyclic) bond motifs is 1. The van der Waals surface area contributed by atoms with E-state index in [-0.39, 0.29) is 36.5 Å². The highest BCUT2D eigenvalue weighted by Gasteiger charge is 2.25. The third-order valence-corrected chi connectivity index (χ3v) is 7.39. The Labute approximate surface area is 208 Å². The van der Waals surface area contributed by atoms with Crippen molar-refractivity contribution in [1.29, 1.82) is 0 Å². The van der Waals surface area contributed by atoms with Crippen LogP contribution < -0.4 is 9.54 Å². The molecular formula is C24H33N3O5S2. The van der Waals surface area contributed by atoms with Crippen LogP contribution in [0.2, 0.25) is 0 Å². The van der Waals surface area contributed by atoms with E-state index >= 15 is 0 Å². The zero-order chi connectivity index (χ0) is 24.7. The van der Waals surface area contributed by atoms with Crippen molar-refractivity contribution in [2.75, 3.05) is 37.8 Å². The summed E-state index contributed by atoms with van der Waals surface area (Å²) in [6, 6.07) is 5.56. The van der Waals surface area contributed by atoms with E-state index in [2.05, 4.69) is 18.8 Å². The largest absolute Gasteiger partial charge is 0.494 e. The number of ether oxygens (including phenoxy) is 2. The van der Waals surface area contributed by atoms with E-state index in [4.69, 9.17) is 9.47 Å². The molecule has 0 spiro atoms. The number of thiazole rings is 1. The number of aromatic nitrogens is 1. The first-order valence-electron chi connectivity index (χ1n) is 11.7. The molecule has 10 heteroatoms. The summed E-state index contributed by atoms with van der Waals surface area (Å²) in [6.07, 6.45) is 1.14. The van der Waals surface area contributed by atoms with Crippen LogP contribution in [0.25, 0.3) is 10.2 Å². The Kier molecular flexibility index (Phi) is 9.58. The predicted octanol–water partition coefficient (Wildman–Crippen LogP) is 3.33. The van der Waals surface area contributed by atoms with Gasteiger partial charge in [0.25, 0.3) is 5.91 Å². The number of piperidine rings is 1. The molecule has 2 heterocycles. The Bertz CT molecular complexity index is 1080. The highest BCUT2D eigenvalue weighted by atomic mass is 32.2. The van der Waals surface area contributed by atoms with Gasteiger partial charge in [0.1, 0.15) is 12.3 Å². The van der Waals surface area contributed by atoms with Crippen LogP contribution in [0.5, 0.6) is 5.75 Å². The van der Waals surface area contributed by atoms with E-state index in [9.17, 15) is 14.4 Å². The van der Waals surface area contributed by atoms with E-state index in [0.717, 1.165) is 29.7 Å². The summed E-state index contributed by atoms with van der Waals surface area (Å²) in [6.45, 7) is 10.3. The molecule has 0 N–H and O–H groups in total. The van der Waals surface area contributed by atoms with Crippen molar-refractivity contribution in [3.8, 4) is 5.75 Å². The van der Waals surface area contributed by atoms with Gasteiger partial charge in [-0.1, -0.05) is 25.2 Å². The number of nitrogens with zero attached hydrogens (tertiary/aromatic N) is 3. The fourth-order valence-electron chi connectivity index (χ4n) is 4.21. The first kappa shape index (κ1) is 26.3. The monoisotopic (exact) mass is 507 g/mol. The molecule has 2 unspecified atom stereocenters. The number of rotatable bonds is 9. The number of esters is 1. The van der Waals surface area contributed by atoms with Gasteiger partial charge < -0.3 is 18.9 Å². The van der Waals surface area contributed by atoms with Crippen LogP contribution in [0.15, 0.2) is 23.2 Å². The summed E-state index contributed by atoms with van der Waals surface area (Å²) in [5, 5.41) is 0. The molecule has 2 atom stereocenters. The summed E-state index contributed by atoms with van der Waals surface area (Å²) >= 11 is 2.60. The maximum absolute atomic E-state index is 12.6. The lowest BCUT2D eigenvalue weighted by Crippen LogP contribution is -2.43. The molecule has 1 aromatic carbocycles. The van der Waals surface area contributed by atoms with Gasteiger partial charge in [-0.25, -0.2) is 0 Å². The van der Waals surface area contributed by atoms with Crippen molar-refractivity contribution in [1.82, 2.24) is 9.47 Å². The maximum Gasteiger partial charge on any atom is 0.326 e. The number of hydrogen-bond acceptors (Lipinski definition) is 7. The van der Waals surface area contributed by atoms with Gasteiger partial charge in [-0.2, -0.15) is 4.99 Å². The molecular weight excluding hydrogens is 474 g/mol. The molecule has 0 saturated carbocycles. The molecule has 0 aliphatic carbocycles. The summed E-state index contributed by atoms with van der Waals surface area (Å²) in [4.78, 5) is 44.0. The molecule has 0 radical (unpaired) electrons. The van der Waals surface area contributed by atoms with Gasteiger partial charge in [0.05, 0.1) is 34.9 Å². The van der Waals surface area contributed by atoms with Crippen molar-refractivity contribution in [3.63, 3.8) is 0 Å². The Morgan fingerprint density at radius 3 is 2.53 bits per heavy atom. The van der Waals surface area contributed by atoms with Crippen molar-refractivity contribution in [3.05, 3.63) is 23.0 Å². The molecule has 0 bridgehead atoms. The predicted molar refractivity (Wildman–Crippen MR) is 135 cm³/mol. The third kappa shape index (κ3) is 7.09. The quantitative estimate of drug-likeness (QED) is 0.484. The topological polar surface area (TPSA) is 90.2 Å². The summed E-state index contributed by atoms with van der Waals surface area (Å²) in [5.41, 5.74) is 0.782. The van der Waals surface area contributed by atoms with Crippen LogP contribution in [-0.4, -0.2) is 65.1 Å². The van der Waals surface area contributed by atoms with Crippen molar-refractivity contribution in [2.24, 2.45) is 16.8 Å². The number of carbonyl (C=O) groups is 3. The Morgan fingerprint density at radius 2 is 1.85 bits per heavy atom. The molecule has 34 heavy (non-hydrogen) atoms. The van der Waals surface area contributed by atoms with Crippen molar-refractivity contribution in [2.45, 2.75) is 40.7 Å². The minimum Gasteiger partial charge on any atom is -0.494 e. The highest BCUT2D eigenvalue weighted by Crippen LogP contribution is 2.24. The number of benzene rings is 1. The fourth-order valence-corrected chi connectivity index (χ4v) is 5.98. The van der Waals surface area contributed by atoms with Gasteiger partial charge >= 0.3 is 5.97 Å². The molecule has 1 aromatic heterocycles. The lowest BCUT2D eigenvalue weighted by Gasteiger charge is -2.35. The van der Waals surface area contributed by atoms with Gasteiger partial charge in [-0.3, -0.25) is 14.4 Å². The number of carbonyl (C=O) groups excluding carboxylic acids is 3. The molecule has 186 valence electrons. The minimum atomic E-state index is -0.394. The normalized spacial score (nSPS) is 18.8. The third-order valence-electron chi connectivity index (χ3n) is 5.45. The summed E-state index contributed by atoms with van der Waals surface area (Å²) in [5.74, 6) is 1.41. The standard InChI is InChI=1S/C24H33N3O5S2/c1-5-31-18-7-8-19-20(10-18)34-24(27(19)13-23(30)32-6-2)25-21(28)14-33-15-22(29)26-11-16(3)9-17(4)12-26/h7-8,10,16-17H,5-6,9,11-15H2,1-4H3. The lowest BCUT2D eigenvalue weighted by atomic mass is 9.92. The minimum absolute atomic E-state index is 0.0368. The van der Waals surface area contributed by atoms with E-state index in [0.29, 0.717) is 29.0 Å². The highest BCUT2D eigenvalue weighted by molar-refractivity contribution is 8.00. The molecule has 3 rings (SSSR count). The van der Waals surface area contributed by atoms with Gasteiger partial charge in [0, 0.05) is 13.1 Å². The maximum atomic E-state index is 12.6. The second kappa shape index (κ2) is 12.4. The Morgan fingerprint density at radius 1 is 1.12 bits per heavy atom. The van der Waals surface area contributed by atoms with E-state index in [1.54, 1.807) is 11.5 Å². The van der Waals surface area contributed by atoms with Crippen LogP contribution in [0, 0.1) is 11.8 Å². The molecule has 2 aromatic rings. The summed E-state index contributed by atoms with van der Waals surface area (Å²) in [7, 11) is 0. The second-order valence-electron chi connectivity index (χ2n) is 8.58. The lowest BCUT2D eigenvalue weighted by molar-refractivity contribution is -0.143. The fraction of sp³-hybridized carbons (Fsp3) is 0.583. The molecule has 2 amide bonds. The average molecular weight is 508 g/mol. The molecule has 1 fully saturated rings. The number of thioether (sulfide) groups is 1. The average Bonchev–Trinajstić information content (AvgIpc) is 3.09. The van der Waals surface area contributed by atoms with Gasteiger partial charge in [0.15, 0.2) is 4.80 Å². The van der Waals surface area contributed by atoms with Crippen LogP contribution in [-0.2, 0) is 25.7 Å². The van der Waals surface area contributed by atoms with Crippen LogP contribution in [0.3, 0.4) is 0 Å². The number of likely N-dealkylation sites (tertiary alicyclic amines) is 1. The van der Waals surface area contributed by atoms with Crippen LogP contribution >= 0.6 is 23.1 Å². The first-order chi connectivity index (χ1) is 16.3. The van der Waals surface area contributed by atoms with Gasteiger partial charge in [-0.05, 0) is 50.3 Å². The molecule has 1 aliphatic rings. The van der Waals surface area contributed by atoms with Crippen molar-refractivity contribution < 1.29 is 23.9 Å². The molecule has 8 nitrogen and oxygen atoms in total. The first-order valence-corrected chi connectivity index (χ1v) is 13.6. The SMILES string of the molecule is CCOC(=O)Cn1c(=NC(=O)CSCC(=O)N2CC(C)CC(C)C2)sc2cc(OCC)ccc21. The van der Waals surface area contributed by atoms with Gasteiger partial charge in [-0.15, -0.1) is 11.8 Å². The van der Waals surface area contributed by atoms with Crippen molar-refractivity contribution >= 4 is 51.1 Å². The Balaban J connectivity index is 1.72. The molecule has 1 aliphatic heterocycles. The number of hydrogen-bond donors (Lipinski definition) is 0. The van der Waals surface area contributed by atoms with E-state index in [1.807, 2.05) is 30.0 Å². The Hall–Kier alpha value is -2.33. The van der Waals surface area contributed by atoms with E-state index < -0.39 is 5.97 Å². The van der Waals surface area contributed by atoms with Crippen LogP contribution in [0.4, 0.5) is 0 Å². The zero-order valence-corrected chi connectivity index (χ0v) is 21.9. The van der Waals surface area contributed by atoms with E-state index in [1.165, 1.54) is 23.1 Å². The molecule has 1 saturated heterocycles. The van der Waals surface area contributed by atoms with Crippen LogP contribution in [0.1, 0.15) is 34.1 Å². The second-order valence-corrected chi connectivity index (χ2v) is 10.6. The zero-order valence-electron chi connectivity index (χ0n) is 20.2. The van der Waals surface area contributed by atoms with Gasteiger partial charge in [0.2, 0.25) is 5.91 Å². The number of amides is 2.